The highest BCUT2D eigenvalue weighted by atomic mass is 16.4. The zero-order valence-electron chi connectivity index (χ0n) is 9.74. The van der Waals surface area contributed by atoms with Crippen LogP contribution in [-0.2, 0) is 9.59 Å². The second-order valence-corrected chi connectivity index (χ2v) is 4.82. The van der Waals surface area contributed by atoms with Crippen LogP contribution in [0.1, 0.15) is 51.9 Å². The Morgan fingerprint density at radius 3 is 2.56 bits per heavy atom. The second-order valence-electron chi connectivity index (χ2n) is 4.82. The van der Waals surface area contributed by atoms with Crippen molar-refractivity contribution in [3.63, 3.8) is 0 Å². The third-order valence-corrected chi connectivity index (χ3v) is 3.66. The summed E-state index contributed by atoms with van der Waals surface area (Å²) in [4.78, 5) is 22.3. The fourth-order valence-corrected chi connectivity index (χ4v) is 2.62. The van der Waals surface area contributed by atoms with Crippen LogP contribution in [0.2, 0.25) is 0 Å². The molecule has 0 aromatic carbocycles. The summed E-state index contributed by atoms with van der Waals surface area (Å²) in [7, 11) is 0. The number of hydrogen-bond donors (Lipinski definition) is 2. The summed E-state index contributed by atoms with van der Waals surface area (Å²) in [5, 5.41) is 18.3. The van der Waals surface area contributed by atoms with E-state index < -0.39 is 23.3 Å². The molecular formula is C12H20O4. The molecule has 1 rings (SSSR count). The van der Waals surface area contributed by atoms with Gasteiger partial charge in [0, 0.05) is 0 Å². The predicted octanol–water partition coefficient (Wildman–Crippen LogP) is 2.52. The summed E-state index contributed by atoms with van der Waals surface area (Å²) in [5.41, 5.74) is -0.780. The SMILES string of the molecule is CCCCC1(C(=O)O)CCCC(C(=O)O)C1. The van der Waals surface area contributed by atoms with Gasteiger partial charge in [-0.15, -0.1) is 0 Å². The van der Waals surface area contributed by atoms with Crippen molar-refractivity contribution in [1.82, 2.24) is 0 Å². The maximum Gasteiger partial charge on any atom is 0.309 e. The smallest absolute Gasteiger partial charge is 0.309 e. The molecule has 92 valence electrons. The van der Waals surface area contributed by atoms with Gasteiger partial charge in [0.1, 0.15) is 0 Å². The van der Waals surface area contributed by atoms with E-state index in [2.05, 4.69) is 0 Å². The number of carboxylic acids is 2. The number of carboxylic acid groups (broad SMARTS) is 2. The molecule has 0 aliphatic heterocycles. The fourth-order valence-electron chi connectivity index (χ4n) is 2.62. The van der Waals surface area contributed by atoms with Crippen LogP contribution in [0.4, 0.5) is 0 Å². The summed E-state index contributed by atoms with van der Waals surface area (Å²) < 4.78 is 0. The number of unbranched alkanes of at least 4 members (excludes halogenated alkanes) is 1. The molecule has 1 aliphatic carbocycles. The van der Waals surface area contributed by atoms with Crippen molar-refractivity contribution >= 4 is 11.9 Å². The molecule has 2 N–H and O–H groups in total. The maximum atomic E-state index is 11.4. The Kier molecular flexibility index (Phi) is 4.33. The molecule has 2 atom stereocenters. The van der Waals surface area contributed by atoms with Gasteiger partial charge in [0.25, 0.3) is 0 Å². The Hall–Kier alpha value is -1.06. The monoisotopic (exact) mass is 228 g/mol. The lowest BCUT2D eigenvalue weighted by molar-refractivity contribution is -0.156. The molecule has 0 aromatic rings. The van der Waals surface area contributed by atoms with Crippen LogP contribution in [0.5, 0.6) is 0 Å². The molecular weight excluding hydrogens is 208 g/mol. The van der Waals surface area contributed by atoms with Gasteiger partial charge in [-0.25, -0.2) is 0 Å². The van der Waals surface area contributed by atoms with Crippen LogP contribution < -0.4 is 0 Å². The Bertz CT molecular complexity index is 274. The highest BCUT2D eigenvalue weighted by molar-refractivity contribution is 5.77. The molecule has 2 unspecified atom stereocenters. The molecule has 0 bridgehead atoms. The van der Waals surface area contributed by atoms with E-state index in [0.717, 1.165) is 12.8 Å². The van der Waals surface area contributed by atoms with Crippen LogP contribution in [0.15, 0.2) is 0 Å². The summed E-state index contributed by atoms with van der Waals surface area (Å²) in [6.07, 6.45) is 4.70. The fraction of sp³-hybridized carbons (Fsp3) is 0.833. The lowest BCUT2D eigenvalue weighted by Gasteiger charge is -2.36. The maximum absolute atomic E-state index is 11.4. The van der Waals surface area contributed by atoms with Gasteiger partial charge < -0.3 is 10.2 Å². The molecule has 0 heterocycles. The average molecular weight is 228 g/mol. The van der Waals surface area contributed by atoms with Crippen molar-refractivity contribution in [2.24, 2.45) is 11.3 Å². The molecule has 1 saturated carbocycles. The summed E-state index contributed by atoms with van der Waals surface area (Å²) in [6, 6.07) is 0. The Balaban J connectivity index is 2.76. The highest BCUT2D eigenvalue weighted by Crippen LogP contribution is 2.43. The van der Waals surface area contributed by atoms with Gasteiger partial charge in [-0.1, -0.05) is 26.2 Å². The molecule has 4 nitrogen and oxygen atoms in total. The van der Waals surface area contributed by atoms with Gasteiger partial charge >= 0.3 is 11.9 Å². The minimum absolute atomic E-state index is 0.303. The lowest BCUT2D eigenvalue weighted by atomic mass is 9.67. The van der Waals surface area contributed by atoms with E-state index >= 15 is 0 Å². The molecule has 0 amide bonds. The molecule has 1 aliphatic rings. The lowest BCUT2D eigenvalue weighted by Crippen LogP contribution is -2.38. The number of hydrogen-bond acceptors (Lipinski definition) is 2. The van der Waals surface area contributed by atoms with Crippen LogP contribution in [0.3, 0.4) is 0 Å². The first-order valence-corrected chi connectivity index (χ1v) is 5.98. The van der Waals surface area contributed by atoms with E-state index in [0.29, 0.717) is 32.1 Å². The molecule has 1 fully saturated rings. The molecule has 0 saturated heterocycles. The van der Waals surface area contributed by atoms with Crippen molar-refractivity contribution in [2.75, 3.05) is 0 Å². The standard InChI is InChI=1S/C12H20O4/c1-2-3-6-12(11(15)16)7-4-5-9(8-12)10(13)14/h9H,2-8H2,1H3,(H,13,14)(H,15,16). The van der Waals surface area contributed by atoms with Crippen LogP contribution in [0.25, 0.3) is 0 Å². The third kappa shape index (κ3) is 2.74. The highest BCUT2D eigenvalue weighted by Gasteiger charge is 2.44. The van der Waals surface area contributed by atoms with Gasteiger partial charge in [0.15, 0.2) is 0 Å². The first kappa shape index (κ1) is 13.0. The normalized spacial score (nSPS) is 29.9. The third-order valence-electron chi connectivity index (χ3n) is 3.66. The van der Waals surface area contributed by atoms with E-state index in [9.17, 15) is 14.7 Å². The zero-order valence-corrected chi connectivity index (χ0v) is 9.74. The molecule has 0 spiro atoms. The predicted molar refractivity (Wildman–Crippen MR) is 59.2 cm³/mol. The first-order valence-electron chi connectivity index (χ1n) is 5.98. The Morgan fingerprint density at radius 1 is 1.38 bits per heavy atom. The zero-order chi connectivity index (χ0) is 12.2. The second kappa shape index (κ2) is 5.32. The van der Waals surface area contributed by atoms with Crippen LogP contribution in [-0.4, -0.2) is 22.2 Å². The Labute approximate surface area is 95.7 Å². The van der Waals surface area contributed by atoms with E-state index in [1.807, 2.05) is 6.92 Å². The van der Waals surface area contributed by atoms with Crippen molar-refractivity contribution in [2.45, 2.75) is 51.9 Å². The van der Waals surface area contributed by atoms with E-state index in [1.165, 1.54) is 0 Å². The number of carbonyl (C=O) groups is 2. The van der Waals surface area contributed by atoms with Gasteiger partial charge in [-0.05, 0) is 25.7 Å². The van der Waals surface area contributed by atoms with E-state index in [4.69, 9.17) is 5.11 Å². The van der Waals surface area contributed by atoms with Gasteiger partial charge in [0.05, 0.1) is 11.3 Å². The first-order chi connectivity index (χ1) is 7.52. The van der Waals surface area contributed by atoms with Gasteiger partial charge in [0.2, 0.25) is 0 Å². The number of rotatable bonds is 5. The topological polar surface area (TPSA) is 74.6 Å². The van der Waals surface area contributed by atoms with Crippen LogP contribution in [0, 0.1) is 11.3 Å². The van der Waals surface area contributed by atoms with Crippen molar-refractivity contribution in [1.29, 1.82) is 0 Å². The van der Waals surface area contributed by atoms with Crippen molar-refractivity contribution in [3.05, 3.63) is 0 Å². The molecule has 16 heavy (non-hydrogen) atoms. The summed E-state index contributed by atoms with van der Waals surface area (Å²) in [5.74, 6) is -2.13. The molecule has 0 aromatic heterocycles. The number of aliphatic carboxylic acids is 2. The Morgan fingerprint density at radius 2 is 2.06 bits per heavy atom. The minimum Gasteiger partial charge on any atom is -0.481 e. The van der Waals surface area contributed by atoms with E-state index in [1.54, 1.807) is 0 Å². The largest absolute Gasteiger partial charge is 0.481 e. The molecule has 4 heteroatoms. The molecule has 0 radical (unpaired) electrons. The average Bonchev–Trinajstić information content (AvgIpc) is 2.26. The van der Waals surface area contributed by atoms with E-state index in [-0.39, 0.29) is 0 Å². The van der Waals surface area contributed by atoms with Gasteiger partial charge in [-0.3, -0.25) is 9.59 Å². The minimum atomic E-state index is -0.846. The summed E-state index contributed by atoms with van der Waals surface area (Å²) >= 11 is 0. The van der Waals surface area contributed by atoms with Crippen molar-refractivity contribution < 1.29 is 19.8 Å². The van der Waals surface area contributed by atoms with Crippen LogP contribution >= 0.6 is 0 Å². The van der Waals surface area contributed by atoms with Crippen molar-refractivity contribution in [3.8, 4) is 0 Å². The van der Waals surface area contributed by atoms with Gasteiger partial charge in [-0.2, -0.15) is 0 Å². The quantitative estimate of drug-likeness (QED) is 0.758. The summed E-state index contributed by atoms with van der Waals surface area (Å²) in [6.45, 7) is 2.02.